The van der Waals surface area contributed by atoms with Crippen molar-refractivity contribution < 1.29 is 9.50 Å². The zero-order valence-corrected chi connectivity index (χ0v) is 12.7. The summed E-state index contributed by atoms with van der Waals surface area (Å²) < 4.78 is 13.4. The third kappa shape index (κ3) is 4.63. The van der Waals surface area contributed by atoms with Gasteiger partial charge in [0.15, 0.2) is 0 Å². The Labute approximate surface area is 129 Å². The Morgan fingerprint density at radius 2 is 2.00 bits per heavy atom. The summed E-state index contributed by atoms with van der Waals surface area (Å²) in [5.41, 5.74) is 2.94. The van der Waals surface area contributed by atoms with Gasteiger partial charge in [-0.25, -0.2) is 4.39 Å². The summed E-state index contributed by atoms with van der Waals surface area (Å²) in [5, 5.41) is 8.77. The molecule has 0 aromatic heterocycles. The molecular weight excluding hydrogens is 283 g/mol. The molecule has 0 aliphatic rings. The van der Waals surface area contributed by atoms with Crippen LogP contribution in [-0.4, -0.2) is 11.7 Å². The lowest BCUT2D eigenvalue weighted by molar-refractivity contribution is 0.305. The van der Waals surface area contributed by atoms with E-state index < -0.39 is 0 Å². The smallest absolute Gasteiger partial charge is 0.124 e. The van der Waals surface area contributed by atoms with Crippen molar-refractivity contribution in [2.75, 3.05) is 6.61 Å². The highest BCUT2D eigenvalue weighted by molar-refractivity contribution is 7.98. The van der Waals surface area contributed by atoms with Crippen LogP contribution in [0.25, 0.3) is 0 Å². The van der Waals surface area contributed by atoms with Crippen LogP contribution in [0.3, 0.4) is 0 Å². The van der Waals surface area contributed by atoms with E-state index in [0.717, 1.165) is 11.3 Å². The summed E-state index contributed by atoms with van der Waals surface area (Å²) in [6, 6.07) is 12.9. The van der Waals surface area contributed by atoms with Crippen LogP contribution in [0.5, 0.6) is 0 Å². The molecule has 1 N–H and O–H groups in total. The Balaban J connectivity index is 2.16. The van der Waals surface area contributed by atoms with E-state index in [0.29, 0.717) is 12.0 Å². The molecule has 0 atom stereocenters. The van der Waals surface area contributed by atoms with Crippen molar-refractivity contribution in [1.82, 2.24) is 0 Å². The molecule has 2 aromatic rings. The minimum atomic E-state index is -0.284. The first-order chi connectivity index (χ1) is 10.2. The van der Waals surface area contributed by atoms with Crippen LogP contribution in [0.15, 0.2) is 47.4 Å². The Hall–Kier alpha value is -1.76. The number of thioether (sulfide) groups is 1. The van der Waals surface area contributed by atoms with E-state index >= 15 is 0 Å². The summed E-state index contributed by atoms with van der Waals surface area (Å²) >= 11 is 1.72. The minimum Gasteiger partial charge on any atom is -0.395 e. The van der Waals surface area contributed by atoms with Crippen molar-refractivity contribution in [1.29, 1.82) is 0 Å². The standard InChI is InChI=1S/C18H17FOS/c1-14-6-2-3-8-18(14)21-13-16-9-10-17(19)12-15(16)7-4-5-11-20/h2-3,6,8-10,12,20H,5,11,13H2,1H3. The maximum atomic E-state index is 13.4. The molecule has 0 unspecified atom stereocenters. The zero-order valence-electron chi connectivity index (χ0n) is 11.9. The molecule has 0 bridgehead atoms. The highest BCUT2D eigenvalue weighted by atomic mass is 32.2. The molecule has 3 heteroatoms. The van der Waals surface area contributed by atoms with Gasteiger partial charge in [-0.15, -0.1) is 11.8 Å². The Kier molecular flexibility index (Phi) is 5.86. The topological polar surface area (TPSA) is 20.2 Å². The Bertz CT molecular complexity index is 670. The molecule has 21 heavy (non-hydrogen) atoms. The van der Waals surface area contributed by atoms with E-state index in [1.807, 2.05) is 12.1 Å². The van der Waals surface area contributed by atoms with E-state index in [1.165, 1.54) is 22.6 Å². The third-order valence-electron chi connectivity index (χ3n) is 3.01. The highest BCUT2D eigenvalue weighted by Gasteiger charge is 2.04. The Morgan fingerprint density at radius 1 is 1.19 bits per heavy atom. The molecule has 0 amide bonds. The van der Waals surface area contributed by atoms with Crippen LogP contribution in [-0.2, 0) is 5.75 Å². The lowest BCUT2D eigenvalue weighted by Crippen LogP contribution is -1.90. The molecule has 0 fully saturated rings. The number of aliphatic hydroxyl groups is 1. The van der Waals surface area contributed by atoms with Crippen LogP contribution in [0.4, 0.5) is 4.39 Å². The molecule has 0 spiro atoms. The van der Waals surface area contributed by atoms with E-state index in [4.69, 9.17) is 5.11 Å². The summed E-state index contributed by atoms with van der Waals surface area (Å²) in [5.74, 6) is 6.26. The van der Waals surface area contributed by atoms with Gasteiger partial charge in [-0.2, -0.15) is 0 Å². The molecule has 0 saturated heterocycles. The molecule has 1 nitrogen and oxygen atoms in total. The molecular formula is C18H17FOS. The number of aliphatic hydroxyl groups excluding tert-OH is 1. The SMILES string of the molecule is Cc1ccccc1SCc1ccc(F)cc1C#CCCO. The van der Waals surface area contributed by atoms with E-state index in [-0.39, 0.29) is 12.4 Å². The van der Waals surface area contributed by atoms with Gasteiger partial charge in [0.2, 0.25) is 0 Å². The van der Waals surface area contributed by atoms with Gasteiger partial charge >= 0.3 is 0 Å². The second-order valence-electron chi connectivity index (χ2n) is 4.63. The zero-order chi connectivity index (χ0) is 15.1. The van der Waals surface area contributed by atoms with Crippen molar-refractivity contribution in [2.24, 2.45) is 0 Å². The highest BCUT2D eigenvalue weighted by Crippen LogP contribution is 2.27. The quantitative estimate of drug-likeness (QED) is 0.676. The fourth-order valence-electron chi connectivity index (χ4n) is 1.88. The van der Waals surface area contributed by atoms with Gasteiger partial charge in [-0.05, 0) is 36.2 Å². The first-order valence-electron chi connectivity index (χ1n) is 6.77. The van der Waals surface area contributed by atoms with Crippen LogP contribution in [0.2, 0.25) is 0 Å². The number of rotatable bonds is 4. The number of halogens is 1. The van der Waals surface area contributed by atoms with Gasteiger partial charge in [0.25, 0.3) is 0 Å². The van der Waals surface area contributed by atoms with Crippen molar-refractivity contribution in [2.45, 2.75) is 24.0 Å². The van der Waals surface area contributed by atoms with Crippen molar-refractivity contribution in [3.8, 4) is 11.8 Å². The molecule has 2 rings (SSSR count). The summed E-state index contributed by atoms with van der Waals surface area (Å²) in [4.78, 5) is 1.22. The first-order valence-corrected chi connectivity index (χ1v) is 7.76. The Morgan fingerprint density at radius 3 is 2.76 bits per heavy atom. The summed E-state index contributed by atoms with van der Waals surface area (Å²) in [6.45, 7) is 2.10. The molecule has 0 aliphatic heterocycles. The molecule has 108 valence electrons. The summed E-state index contributed by atoms with van der Waals surface area (Å²) in [7, 11) is 0. The fraction of sp³-hybridized carbons (Fsp3) is 0.222. The number of hydrogen-bond donors (Lipinski definition) is 1. The predicted octanol–water partition coefficient (Wildman–Crippen LogP) is 4.16. The van der Waals surface area contributed by atoms with E-state index in [9.17, 15) is 4.39 Å². The predicted molar refractivity (Wildman–Crippen MR) is 85.7 cm³/mol. The first kappa shape index (κ1) is 15.6. The average molecular weight is 300 g/mol. The molecule has 2 aromatic carbocycles. The normalized spacial score (nSPS) is 10.0. The van der Waals surface area contributed by atoms with Gasteiger partial charge in [0.1, 0.15) is 5.82 Å². The molecule has 0 radical (unpaired) electrons. The van der Waals surface area contributed by atoms with Crippen LogP contribution >= 0.6 is 11.8 Å². The molecule has 0 heterocycles. The summed E-state index contributed by atoms with van der Waals surface area (Å²) in [6.07, 6.45) is 0.404. The lowest BCUT2D eigenvalue weighted by atomic mass is 10.1. The van der Waals surface area contributed by atoms with Gasteiger partial charge in [-0.3, -0.25) is 0 Å². The van der Waals surface area contributed by atoms with E-state index in [1.54, 1.807) is 17.8 Å². The van der Waals surface area contributed by atoms with Crippen molar-refractivity contribution in [3.63, 3.8) is 0 Å². The second-order valence-corrected chi connectivity index (χ2v) is 5.65. The third-order valence-corrected chi connectivity index (χ3v) is 4.23. The lowest BCUT2D eigenvalue weighted by Gasteiger charge is -2.07. The second kappa shape index (κ2) is 7.87. The van der Waals surface area contributed by atoms with Crippen molar-refractivity contribution in [3.05, 3.63) is 65.0 Å². The van der Waals surface area contributed by atoms with E-state index in [2.05, 4.69) is 30.9 Å². The fourth-order valence-corrected chi connectivity index (χ4v) is 2.91. The number of aryl methyl sites for hydroxylation is 1. The van der Waals surface area contributed by atoms with Gasteiger partial charge < -0.3 is 5.11 Å². The number of benzene rings is 2. The van der Waals surface area contributed by atoms with Crippen LogP contribution < -0.4 is 0 Å². The van der Waals surface area contributed by atoms with Gasteiger partial charge in [0, 0.05) is 22.6 Å². The number of hydrogen-bond acceptors (Lipinski definition) is 2. The minimum absolute atomic E-state index is 0.0234. The van der Waals surface area contributed by atoms with Crippen molar-refractivity contribution >= 4 is 11.8 Å². The van der Waals surface area contributed by atoms with Gasteiger partial charge in [-0.1, -0.05) is 36.1 Å². The average Bonchev–Trinajstić information content (AvgIpc) is 2.48. The van der Waals surface area contributed by atoms with Crippen LogP contribution in [0.1, 0.15) is 23.1 Å². The maximum absolute atomic E-state index is 13.4. The van der Waals surface area contributed by atoms with Crippen LogP contribution in [0, 0.1) is 24.6 Å². The monoisotopic (exact) mass is 300 g/mol. The van der Waals surface area contributed by atoms with Gasteiger partial charge in [0.05, 0.1) is 6.61 Å². The molecule has 0 aliphatic carbocycles. The maximum Gasteiger partial charge on any atom is 0.124 e. The molecule has 0 saturated carbocycles. The largest absolute Gasteiger partial charge is 0.395 e.